The molecule has 1 heterocycles. The van der Waals surface area contributed by atoms with Gasteiger partial charge >= 0.3 is 0 Å². The summed E-state index contributed by atoms with van der Waals surface area (Å²) in [6.45, 7) is 2.32. The minimum Gasteiger partial charge on any atom is -0.494 e. The van der Waals surface area contributed by atoms with Crippen LogP contribution in [0.15, 0.2) is 85.1 Å². The van der Waals surface area contributed by atoms with Crippen LogP contribution in [0.5, 0.6) is 5.75 Å². The molecule has 178 valence electrons. The Morgan fingerprint density at radius 1 is 1.03 bits per heavy atom. The van der Waals surface area contributed by atoms with Gasteiger partial charge in [-0.25, -0.2) is 4.98 Å². The van der Waals surface area contributed by atoms with Crippen LogP contribution in [-0.2, 0) is 4.79 Å². The molecule has 0 saturated heterocycles. The van der Waals surface area contributed by atoms with Gasteiger partial charge in [-0.2, -0.15) is 0 Å². The van der Waals surface area contributed by atoms with Crippen molar-refractivity contribution in [3.8, 4) is 5.75 Å². The third-order valence-corrected chi connectivity index (χ3v) is 5.50. The monoisotopic (exact) mass is 470 g/mol. The number of nitrogens with zero attached hydrogens (tertiary/aromatic N) is 1. The van der Waals surface area contributed by atoms with Crippen molar-refractivity contribution < 1.29 is 19.4 Å². The van der Waals surface area contributed by atoms with Crippen molar-refractivity contribution in [1.82, 2.24) is 10.3 Å². The summed E-state index contributed by atoms with van der Waals surface area (Å²) in [5, 5.41) is 18.1. The number of ether oxygens (including phenoxy) is 1. The lowest BCUT2D eigenvalue weighted by Crippen LogP contribution is -2.42. The van der Waals surface area contributed by atoms with E-state index in [1.54, 1.807) is 79.0 Å². The van der Waals surface area contributed by atoms with Crippen LogP contribution >= 0.6 is 0 Å². The summed E-state index contributed by atoms with van der Waals surface area (Å²) >= 11 is 0. The van der Waals surface area contributed by atoms with Crippen molar-refractivity contribution in [2.75, 3.05) is 17.7 Å². The number of pyridine rings is 1. The molecule has 3 aromatic carbocycles. The second-order valence-electron chi connectivity index (χ2n) is 7.89. The van der Waals surface area contributed by atoms with Gasteiger partial charge in [0.2, 0.25) is 0 Å². The fraction of sp³-hybridized carbons (Fsp3) is 0.148. The highest BCUT2D eigenvalue weighted by Gasteiger charge is 2.29. The number of fused-ring (bicyclic) bond motifs is 1. The Bertz CT molecular complexity index is 1340. The van der Waals surface area contributed by atoms with Crippen LogP contribution in [0.25, 0.3) is 10.8 Å². The second-order valence-corrected chi connectivity index (χ2v) is 7.89. The van der Waals surface area contributed by atoms with Gasteiger partial charge in [0.05, 0.1) is 12.6 Å². The molecule has 0 spiro atoms. The number of rotatable bonds is 8. The van der Waals surface area contributed by atoms with Crippen molar-refractivity contribution in [2.24, 2.45) is 0 Å². The fourth-order valence-electron chi connectivity index (χ4n) is 3.77. The first-order valence-corrected chi connectivity index (χ1v) is 11.2. The average molecular weight is 471 g/mol. The van der Waals surface area contributed by atoms with Crippen LogP contribution in [0.1, 0.15) is 28.9 Å². The van der Waals surface area contributed by atoms with Crippen LogP contribution in [0.4, 0.5) is 11.5 Å². The normalized spacial score (nSPS) is 12.5. The smallest absolute Gasteiger partial charge is 0.255 e. The minimum absolute atomic E-state index is 0.352. The van der Waals surface area contributed by atoms with Gasteiger partial charge in [-0.1, -0.05) is 36.4 Å². The molecule has 0 aliphatic carbocycles. The molecule has 2 amide bonds. The Morgan fingerprint density at radius 2 is 1.83 bits per heavy atom. The van der Waals surface area contributed by atoms with Gasteiger partial charge in [0, 0.05) is 22.8 Å². The van der Waals surface area contributed by atoms with E-state index in [0.29, 0.717) is 35.0 Å². The third kappa shape index (κ3) is 5.56. The number of carbonyl (C=O) groups excluding carboxylic acids is 2. The maximum absolute atomic E-state index is 13.0. The second kappa shape index (κ2) is 10.7. The number of benzene rings is 3. The number of aliphatic hydroxyl groups is 1. The number of aromatic nitrogens is 1. The molecule has 0 radical (unpaired) electrons. The summed E-state index contributed by atoms with van der Waals surface area (Å²) < 4.78 is 5.47. The first-order chi connectivity index (χ1) is 17.0. The summed E-state index contributed by atoms with van der Waals surface area (Å²) in [6, 6.07) is 21.5. The number of hydrogen-bond donors (Lipinski definition) is 4. The lowest BCUT2D eigenvalue weighted by molar-refractivity contribution is -0.125. The number of aliphatic hydroxyl groups excluding tert-OH is 1. The van der Waals surface area contributed by atoms with Gasteiger partial charge in [-0.15, -0.1) is 0 Å². The van der Waals surface area contributed by atoms with E-state index in [9.17, 15) is 14.7 Å². The Labute approximate surface area is 202 Å². The van der Waals surface area contributed by atoms with Gasteiger partial charge in [0.15, 0.2) is 6.10 Å². The number of hydrogen-bond acceptors (Lipinski definition) is 6. The molecule has 8 heteroatoms. The third-order valence-electron chi connectivity index (χ3n) is 5.50. The highest BCUT2D eigenvalue weighted by atomic mass is 16.5. The van der Waals surface area contributed by atoms with Crippen LogP contribution in [0, 0.1) is 0 Å². The summed E-state index contributed by atoms with van der Waals surface area (Å²) in [7, 11) is 0. The number of carbonyl (C=O) groups is 2. The van der Waals surface area contributed by atoms with Crippen molar-refractivity contribution >= 4 is 34.1 Å². The van der Waals surface area contributed by atoms with Gasteiger partial charge in [0.25, 0.3) is 11.8 Å². The van der Waals surface area contributed by atoms with Gasteiger partial charge in [0.1, 0.15) is 11.6 Å². The van der Waals surface area contributed by atoms with E-state index in [1.807, 2.05) is 13.0 Å². The highest BCUT2D eigenvalue weighted by Crippen LogP contribution is 2.24. The topological polar surface area (TPSA) is 127 Å². The van der Waals surface area contributed by atoms with Gasteiger partial charge in [-0.3, -0.25) is 9.59 Å². The minimum atomic E-state index is -1.56. The molecule has 5 N–H and O–H groups in total. The first kappa shape index (κ1) is 23.7. The molecule has 4 rings (SSSR count). The molecule has 2 atom stereocenters. The molecule has 0 aliphatic heterocycles. The maximum atomic E-state index is 13.0. The van der Waals surface area contributed by atoms with Crippen LogP contribution in [-0.4, -0.2) is 34.6 Å². The summed E-state index contributed by atoms with van der Waals surface area (Å²) in [5.74, 6) is -0.160. The Morgan fingerprint density at radius 3 is 2.60 bits per heavy atom. The zero-order valence-electron chi connectivity index (χ0n) is 19.1. The number of nitrogens with one attached hydrogen (secondary N) is 2. The molecule has 2 unspecified atom stereocenters. The molecule has 8 nitrogen and oxygen atoms in total. The number of amides is 2. The lowest BCUT2D eigenvalue weighted by atomic mass is 9.99. The molecule has 0 aliphatic rings. The lowest BCUT2D eigenvalue weighted by Gasteiger charge is -2.24. The van der Waals surface area contributed by atoms with Crippen molar-refractivity contribution in [3.05, 3.63) is 96.2 Å². The molecule has 35 heavy (non-hydrogen) atoms. The molecular weight excluding hydrogens is 444 g/mol. The maximum Gasteiger partial charge on any atom is 0.255 e. The van der Waals surface area contributed by atoms with E-state index < -0.39 is 24.0 Å². The van der Waals surface area contributed by atoms with E-state index in [-0.39, 0.29) is 0 Å². The first-order valence-electron chi connectivity index (χ1n) is 11.2. The predicted molar refractivity (Wildman–Crippen MR) is 135 cm³/mol. The predicted octanol–water partition coefficient (Wildman–Crippen LogP) is 3.69. The largest absolute Gasteiger partial charge is 0.494 e. The van der Waals surface area contributed by atoms with E-state index >= 15 is 0 Å². The van der Waals surface area contributed by atoms with Gasteiger partial charge in [-0.05, 0) is 60.3 Å². The molecular formula is C27H26N4O4. The number of anilines is 2. The Balaban J connectivity index is 1.56. The van der Waals surface area contributed by atoms with Crippen molar-refractivity contribution in [3.63, 3.8) is 0 Å². The average Bonchev–Trinajstić information content (AvgIpc) is 2.87. The van der Waals surface area contributed by atoms with Crippen LogP contribution < -0.4 is 21.1 Å². The van der Waals surface area contributed by atoms with E-state index in [4.69, 9.17) is 10.5 Å². The van der Waals surface area contributed by atoms with Crippen molar-refractivity contribution in [2.45, 2.75) is 19.1 Å². The number of nitrogen functional groups attached to an aromatic ring is 1. The standard InChI is InChI=1S/C27H26N4O4/c1-2-35-21-10-6-9-19(16-21)26(33)31-23(17-7-4-3-5-8-17)24(32)27(34)30-20-11-12-22-18(15-20)13-14-29-25(22)28/h3-16,23-24,32H,2H2,1H3,(H2,28,29)(H,30,34)(H,31,33). The molecule has 0 fully saturated rings. The van der Waals surface area contributed by atoms with Crippen LogP contribution in [0.3, 0.4) is 0 Å². The van der Waals surface area contributed by atoms with E-state index in [0.717, 1.165) is 10.8 Å². The Hall–Kier alpha value is -4.43. The molecule has 0 bridgehead atoms. The fourth-order valence-corrected chi connectivity index (χ4v) is 3.77. The Kier molecular flexibility index (Phi) is 7.23. The summed E-state index contributed by atoms with van der Waals surface area (Å²) in [6.07, 6.45) is 0.0224. The van der Waals surface area contributed by atoms with Crippen molar-refractivity contribution in [1.29, 1.82) is 0 Å². The van der Waals surface area contributed by atoms with E-state index in [1.165, 1.54) is 0 Å². The summed E-state index contributed by atoms with van der Waals surface area (Å²) in [4.78, 5) is 30.1. The zero-order chi connectivity index (χ0) is 24.8. The zero-order valence-corrected chi connectivity index (χ0v) is 19.1. The molecule has 0 saturated carbocycles. The highest BCUT2D eigenvalue weighted by molar-refractivity contribution is 6.00. The summed E-state index contributed by atoms with van der Waals surface area (Å²) in [5.41, 5.74) is 7.31. The van der Waals surface area contributed by atoms with E-state index in [2.05, 4.69) is 15.6 Å². The van der Waals surface area contributed by atoms with Crippen LogP contribution in [0.2, 0.25) is 0 Å². The molecule has 4 aromatic rings. The van der Waals surface area contributed by atoms with Gasteiger partial charge < -0.3 is 26.2 Å². The quantitative estimate of drug-likeness (QED) is 0.311. The molecule has 1 aromatic heterocycles. The number of nitrogens with two attached hydrogens (primary N) is 1. The SMILES string of the molecule is CCOc1cccc(C(=O)NC(c2ccccc2)C(O)C(=O)Nc2ccc3c(N)nccc3c2)c1.